The maximum atomic E-state index is 12.3. The highest BCUT2D eigenvalue weighted by molar-refractivity contribution is 6.30. The van der Waals surface area contributed by atoms with Crippen LogP contribution in [0.2, 0.25) is 5.02 Å². The molecule has 1 aliphatic rings. The third kappa shape index (κ3) is 3.97. The molecule has 1 aromatic carbocycles. The number of halogens is 1. The van der Waals surface area contributed by atoms with E-state index in [0.29, 0.717) is 10.6 Å². The second kappa shape index (κ2) is 5.38. The molecule has 0 atom stereocenters. The maximum absolute atomic E-state index is 12.3. The van der Waals surface area contributed by atoms with Crippen molar-refractivity contribution in [1.29, 1.82) is 0 Å². The van der Waals surface area contributed by atoms with E-state index in [1.165, 1.54) is 0 Å². The number of rotatable bonds is 2. The Morgan fingerprint density at radius 1 is 1.25 bits per heavy atom. The van der Waals surface area contributed by atoms with Crippen LogP contribution in [0.1, 0.15) is 50.9 Å². The van der Waals surface area contributed by atoms with Gasteiger partial charge in [0.05, 0.1) is 11.1 Å². The number of nitrogens with one attached hydrogen (secondary N) is 1. The molecule has 1 saturated heterocycles. The number of carbonyl (C=O) groups is 1. The van der Waals surface area contributed by atoms with Crippen LogP contribution in [0, 0.1) is 0 Å². The van der Waals surface area contributed by atoms with Crippen LogP contribution in [-0.4, -0.2) is 23.0 Å². The molecule has 1 amide bonds. The molecule has 110 valence electrons. The molecule has 0 saturated carbocycles. The van der Waals surface area contributed by atoms with Crippen molar-refractivity contribution in [2.24, 2.45) is 0 Å². The average molecular weight is 296 g/mol. The summed E-state index contributed by atoms with van der Waals surface area (Å²) in [5.41, 5.74) is 0.921. The standard InChI is InChI=1S/C16H23ClN2O/c1-15(2)9-13(10-16(3,4)19-15)18-14(20)11-6-5-7-12(17)8-11/h5-8,13,19H,9-10H2,1-4H3,(H,18,20)/p+1. The summed E-state index contributed by atoms with van der Waals surface area (Å²) in [6.07, 6.45) is 1.95. The van der Waals surface area contributed by atoms with Gasteiger partial charge in [0.2, 0.25) is 0 Å². The van der Waals surface area contributed by atoms with E-state index in [9.17, 15) is 4.79 Å². The smallest absolute Gasteiger partial charge is 0.251 e. The quantitative estimate of drug-likeness (QED) is 0.864. The molecule has 0 bridgehead atoms. The Bertz CT molecular complexity index is 495. The van der Waals surface area contributed by atoms with Gasteiger partial charge in [-0.15, -0.1) is 0 Å². The number of hydrogen-bond acceptors (Lipinski definition) is 1. The van der Waals surface area contributed by atoms with Gasteiger partial charge in [0.15, 0.2) is 0 Å². The summed E-state index contributed by atoms with van der Waals surface area (Å²) in [5.74, 6) is -0.0361. The highest BCUT2D eigenvalue weighted by Gasteiger charge is 2.42. The van der Waals surface area contributed by atoms with Gasteiger partial charge in [-0.25, -0.2) is 0 Å². The highest BCUT2D eigenvalue weighted by atomic mass is 35.5. The van der Waals surface area contributed by atoms with Crippen LogP contribution < -0.4 is 10.6 Å². The van der Waals surface area contributed by atoms with Crippen molar-refractivity contribution in [3.05, 3.63) is 34.9 Å². The lowest BCUT2D eigenvalue weighted by atomic mass is 9.79. The molecule has 1 heterocycles. The first kappa shape index (κ1) is 15.3. The Morgan fingerprint density at radius 3 is 2.40 bits per heavy atom. The van der Waals surface area contributed by atoms with Crippen LogP contribution in [0.3, 0.4) is 0 Å². The Hall–Kier alpha value is -1.06. The zero-order chi connectivity index (χ0) is 15.0. The minimum Gasteiger partial charge on any atom is -0.349 e. The van der Waals surface area contributed by atoms with E-state index in [1.807, 2.05) is 0 Å². The van der Waals surface area contributed by atoms with Crippen LogP contribution in [0.5, 0.6) is 0 Å². The normalized spacial score (nSPS) is 21.4. The SMILES string of the molecule is CC1(C)CC(NC(=O)c2cccc(Cl)c2)CC(C)(C)[NH2+]1. The monoisotopic (exact) mass is 295 g/mol. The Labute approximate surface area is 126 Å². The van der Waals surface area contributed by atoms with Crippen LogP contribution in [0.4, 0.5) is 0 Å². The molecule has 0 aromatic heterocycles. The van der Waals surface area contributed by atoms with Crippen LogP contribution in [0.15, 0.2) is 24.3 Å². The molecule has 4 heteroatoms. The van der Waals surface area contributed by atoms with Crippen molar-refractivity contribution < 1.29 is 10.1 Å². The zero-order valence-electron chi connectivity index (χ0n) is 12.7. The van der Waals surface area contributed by atoms with Gasteiger partial charge in [-0.05, 0) is 45.9 Å². The van der Waals surface area contributed by atoms with Crippen LogP contribution in [-0.2, 0) is 0 Å². The van der Waals surface area contributed by atoms with Gasteiger partial charge in [0, 0.05) is 29.5 Å². The van der Waals surface area contributed by atoms with Crippen molar-refractivity contribution in [2.45, 2.75) is 57.7 Å². The van der Waals surface area contributed by atoms with Crippen molar-refractivity contribution >= 4 is 17.5 Å². The summed E-state index contributed by atoms with van der Waals surface area (Å²) in [5, 5.41) is 6.15. The topological polar surface area (TPSA) is 45.7 Å². The minimum atomic E-state index is -0.0361. The molecule has 1 aromatic rings. The summed E-state index contributed by atoms with van der Waals surface area (Å²) in [4.78, 5) is 12.3. The van der Waals surface area contributed by atoms with Gasteiger partial charge < -0.3 is 10.6 Å². The summed E-state index contributed by atoms with van der Waals surface area (Å²) >= 11 is 5.94. The molecule has 1 aliphatic heterocycles. The third-order valence-corrected chi connectivity index (χ3v) is 3.98. The first-order chi connectivity index (χ1) is 9.17. The number of carbonyl (C=O) groups excluding carboxylic acids is 1. The summed E-state index contributed by atoms with van der Waals surface area (Å²) in [6, 6.07) is 7.30. The summed E-state index contributed by atoms with van der Waals surface area (Å²) in [6.45, 7) is 8.91. The number of nitrogens with two attached hydrogens (primary N) is 1. The van der Waals surface area contributed by atoms with E-state index >= 15 is 0 Å². The van der Waals surface area contributed by atoms with E-state index in [-0.39, 0.29) is 23.0 Å². The highest BCUT2D eigenvalue weighted by Crippen LogP contribution is 2.22. The van der Waals surface area contributed by atoms with Crippen molar-refractivity contribution in [1.82, 2.24) is 5.32 Å². The van der Waals surface area contributed by atoms with E-state index in [4.69, 9.17) is 11.6 Å². The predicted octanol–water partition coefficient (Wildman–Crippen LogP) is 2.35. The van der Waals surface area contributed by atoms with Gasteiger partial charge >= 0.3 is 0 Å². The molecule has 0 spiro atoms. The fraction of sp³-hybridized carbons (Fsp3) is 0.562. The van der Waals surface area contributed by atoms with E-state index in [1.54, 1.807) is 24.3 Å². The number of benzene rings is 1. The van der Waals surface area contributed by atoms with Gasteiger partial charge in [-0.2, -0.15) is 0 Å². The molecule has 2 rings (SSSR count). The summed E-state index contributed by atoms with van der Waals surface area (Å²) in [7, 11) is 0. The molecule has 20 heavy (non-hydrogen) atoms. The van der Waals surface area contributed by atoms with Gasteiger partial charge in [0.1, 0.15) is 0 Å². The second-order valence-corrected chi connectivity index (χ2v) is 7.65. The van der Waals surface area contributed by atoms with Gasteiger partial charge in [0.25, 0.3) is 5.91 Å². The lowest BCUT2D eigenvalue weighted by Gasteiger charge is -2.43. The van der Waals surface area contributed by atoms with E-state index in [0.717, 1.165) is 12.8 Å². The lowest BCUT2D eigenvalue weighted by molar-refractivity contribution is -0.787. The molecule has 3 N–H and O–H groups in total. The lowest BCUT2D eigenvalue weighted by Crippen LogP contribution is -3.06. The molecule has 0 unspecified atom stereocenters. The Morgan fingerprint density at radius 2 is 1.85 bits per heavy atom. The van der Waals surface area contributed by atoms with Gasteiger partial charge in [-0.1, -0.05) is 17.7 Å². The molecule has 0 aliphatic carbocycles. The third-order valence-electron chi connectivity index (χ3n) is 3.75. The average Bonchev–Trinajstić information content (AvgIpc) is 2.24. The second-order valence-electron chi connectivity index (χ2n) is 7.21. The van der Waals surface area contributed by atoms with Crippen LogP contribution in [0.25, 0.3) is 0 Å². The first-order valence-corrected chi connectivity index (χ1v) is 7.48. The Kier molecular flexibility index (Phi) is 4.12. The largest absolute Gasteiger partial charge is 0.349 e. The Balaban J connectivity index is 2.08. The fourth-order valence-electron chi connectivity index (χ4n) is 3.52. The molecule has 0 radical (unpaired) electrons. The number of hydrogen-bond donors (Lipinski definition) is 2. The number of piperidine rings is 1. The van der Waals surface area contributed by atoms with Crippen molar-refractivity contribution in [3.8, 4) is 0 Å². The molecule has 3 nitrogen and oxygen atoms in total. The molecular formula is C16H24ClN2O+. The maximum Gasteiger partial charge on any atom is 0.251 e. The molecule has 1 fully saturated rings. The van der Waals surface area contributed by atoms with Gasteiger partial charge in [-0.3, -0.25) is 4.79 Å². The van der Waals surface area contributed by atoms with E-state index < -0.39 is 0 Å². The van der Waals surface area contributed by atoms with Crippen molar-refractivity contribution in [3.63, 3.8) is 0 Å². The van der Waals surface area contributed by atoms with Crippen LogP contribution >= 0.6 is 11.6 Å². The van der Waals surface area contributed by atoms with E-state index in [2.05, 4.69) is 38.3 Å². The fourth-order valence-corrected chi connectivity index (χ4v) is 3.71. The first-order valence-electron chi connectivity index (χ1n) is 7.10. The van der Waals surface area contributed by atoms with Crippen molar-refractivity contribution in [2.75, 3.05) is 0 Å². The number of amides is 1. The number of quaternary nitrogens is 1. The zero-order valence-corrected chi connectivity index (χ0v) is 13.4. The predicted molar refractivity (Wildman–Crippen MR) is 82.0 cm³/mol. The minimum absolute atomic E-state index is 0.0361. The molecular weight excluding hydrogens is 272 g/mol. The summed E-state index contributed by atoms with van der Waals surface area (Å²) < 4.78 is 0.